The lowest BCUT2D eigenvalue weighted by Crippen LogP contribution is -2.39. The Labute approximate surface area is 129 Å². The molecule has 4 N–H and O–H groups in total. The summed E-state index contributed by atoms with van der Waals surface area (Å²) in [5, 5.41) is 0. The van der Waals surface area contributed by atoms with Gasteiger partial charge in [0.15, 0.2) is 0 Å². The highest BCUT2D eigenvalue weighted by Crippen LogP contribution is 2.32. The number of nitrogens with two attached hydrogens (primary N) is 2. The van der Waals surface area contributed by atoms with Crippen molar-refractivity contribution in [2.45, 2.75) is 59.8 Å². The van der Waals surface area contributed by atoms with Crippen molar-refractivity contribution < 1.29 is 9.59 Å². The van der Waals surface area contributed by atoms with Crippen LogP contribution in [0.15, 0.2) is 0 Å². The van der Waals surface area contributed by atoms with E-state index in [0.29, 0.717) is 25.4 Å². The maximum Gasteiger partial charge on any atom is 0.237 e. The molecule has 0 rings (SSSR count). The molecule has 0 aromatic heterocycles. The second-order valence-corrected chi connectivity index (χ2v) is 6.81. The molecular formula is C16H33N3O2. The van der Waals surface area contributed by atoms with E-state index in [1.807, 2.05) is 0 Å². The van der Waals surface area contributed by atoms with Gasteiger partial charge in [-0.3, -0.25) is 9.59 Å². The predicted octanol–water partition coefficient (Wildman–Crippen LogP) is 1.89. The van der Waals surface area contributed by atoms with Crippen LogP contribution in [0.25, 0.3) is 0 Å². The molecule has 0 spiro atoms. The minimum absolute atomic E-state index is 0.0218. The van der Waals surface area contributed by atoms with Crippen LogP contribution in [0.1, 0.15) is 59.8 Å². The molecule has 21 heavy (non-hydrogen) atoms. The van der Waals surface area contributed by atoms with Crippen LogP contribution < -0.4 is 11.5 Å². The molecule has 5 nitrogen and oxygen atoms in total. The lowest BCUT2D eigenvalue weighted by Gasteiger charge is -2.31. The molecule has 0 radical (unpaired) electrons. The Hall–Kier alpha value is -1.10. The summed E-state index contributed by atoms with van der Waals surface area (Å²) < 4.78 is 0. The van der Waals surface area contributed by atoms with E-state index in [1.165, 1.54) is 0 Å². The van der Waals surface area contributed by atoms with Crippen LogP contribution >= 0.6 is 0 Å². The largest absolute Gasteiger partial charge is 0.368 e. The number of carbonyl (C=O) groups excluding carboxylic acids is 2. The summed E-state index contributed by atoms with van der Waals surface area (Å²) in [6, 6.07) is 0. The van der Waals surface area contributed by atoms with Gasteiger partial charge < -0.3 is 16.4 Å². The summed E-state index contributed by atoms with van der Waals surface area (Å²) in [5.41, 5.74) is 11.0. The lowest BCUT2D eigenvalue weighted by atomic mass is 9.76. The van der Waals surface area contributed by atoms with Gasteiger partial charge in [-0.05, 0) is 37.1 Å². The summed E-state index contributed by atoms with van der Waals surface area (Å²) in [7, 11) is 0. The zero-order valence-electron chi connectivity index (χ0n) is 14.2. The first-order valence-corrected chi connectivity index (χ1v) is 7.98. The van der Waals surface area contributed by atoms with Crippen LogP contribution in [0.4, 0.5) is 0 Å². The molecule has 0 aliphatic rings. The number of unbranched alkanes of at least 4 members (excludes halogenated alkanes) is 1. The number of amides is 2. The number of hydrogen-bond donors (Lipinski definition) is 2. The van der Waals surface area contributed by atoms with Crippen molar-refractivity contribution in [1.82, 2.24) is 4.90 Å². The molecular weight excluding hydrogens is 266 g/mol. The van der Waals surface area contributed by atoms with E-state index < -0.39 is 5.91 Å². The molecule has 0 bridgehead atoms. The highest BCUT2D eigenvalue weighted by atomic mass is 16.2. The van der Waals surface area contributed by atoms with Gasteiger partial charge in [0.05, 0.1) is 6.54 Å². The maximum atomic E-state index is 12.3. The Kier molecular flexibility index (Phi) is 9.26. The number of nitrogens with zero attached hydrogens (tertiary/aromatic N) is 1. The van der Waals surface area contributed by atoms with Crippen molar-refractivity contribution in [3.8, 4) is 0 Å². The smallest absolute Gasteiger partial charge is 0.237 e. The molecule has 1 atom stereocenters. The fourth-order valence-corrected chi connectivity index (χ4v) is 2.50. The van der Waals surface area contributed by atoms with E-state index in [0.717, 1.165) is 25.7 Å². The van der Waals surface area contributed by atoms with E-state index in [-0.39, 0.29) is 17.9 Å². The summed E-state index contributed by atoms with van der Waals surface area (Å²) in [6.07, 6.45) is 4.06. The number of rotatable bonds is 10. The van der Waals surface area contributed by atoms with Crippen LogP contribution in [0, 0.1) is 11.3 Å². The molecule has 1 unspecified atom stereocenters. The van der Waals surface area contributed by atoms with Crippen molar-refractivity contribution in [1.29, 1.82) is 0 Å². The Morgan fingerprint density at radius 3 is 2.24 bits per heavy atom. The van der Waals surface area contributed by atoms with Crippen LogP contribution in [0.3, 0.4) is 0 Å². The molecule has 2 amide bonds. The van der Waals surface area contributed by atoms with E-state index in [1.54, 1.807) is 4.90 Å². The first kappa shape index (κ1) is 19.9. The van der Waals surface area contributed by atoms with Gasteiger partial charge in [0, 0.05) is 13.0 Å². The minimum atomic E-state index is -0.450. The second-order valence-electron chi connectivity index (χ2n) is 6.81. The van der Waals surface area contributed by atoms with Crippen LogP contribution in [-0.4, -0.2) is 36.3 Å². The van der Waals surface area contributed by atoms with Crippen LogP contribution in [0.5, 0.6) is 0 Å². The second kappa shape index (κ2) is 9.77. The average Bonchev–Trinajstić information content (AvgIpc) is 2.37. The van der Waals surface area contributed by atoms with Gasteiger partial charge in [-0.25, -0.2) is 0 Å². The molecule has 5 heteroatoms. The molecule has 0 aromatic carbocycles. The third-order valence-corrected chi connectivity index (χ3v) is 3.93. The van der Waals surface area contributed by atoms with Gasteiger partial charge in [0.25, 0.3) is 0 Å². The summed E-state index contributed by atoms with van der Waals surface area (Å²) in [5.74, 6) is -0.0182. The summed E-state index contributed by atoms with van der Waals surface area (Å²) in [6.45, 7) is 9.86. The Morgan fingerprint density at radius 1 is 1.19 bits per heavy atom. The normalized spacial score (nSPS) is 13.0. The van der Waals surface area contributed by atoms with Crippen molar-refractivity contribution in [2.24, 2.45) is 22.8 Å². The van der Waals surface area contributed by atoms with Gasteiger partial charge in [0.1, 0.15) is 0 Å². The molecule has 0 aliphatic heterocycles. The van der Waals surface area contributed by atoms with Gasteiger partial charge in [-0.2, -0.15) is 0 Å². The standard InChI is InChI=1S/C16H33N3O2/c1-5-6-11-19(12-14(18)20)15(21)8-7-13(9-10-17)16(2,3)4/h13H,5-12,17H2,1-4H3,(H2,18,20). The summed E-state index contributed by atoms with van der Waals surface area (Å²) in [4.78, 5) is 25.0. The van der Waals surface area contributed by atoms with Gasteiger partial charge in [0.2, 0.25) is 11.8 Å². The molecule has 0 aromatic rings. The topological polar surface area (TPSA) is 89.4 Å². The molecule has 0 saturated heterocycles. The number of primary amides is 1. The molecule has 124 valence electrons. The van der Waals surface area contributed by atoms with Gasteiger partial charge in [-0.15, -0.1) is 0 Å². The monoisotopic (exact) mass is 299 g/mol. The first-order valence-electron chi connectivity index (χ1n) is 7.98. The number of carbonyl (C=O) groups is 2. The van der Waals surface area contributed by atoms with E-state index in [2.05, 4.69) is 27.7 Å². The zero-order valence-corrected chi connectivity index (χ0v) is 14.2. The SMILES string of the molecule is CCCCN(CC(N)=O)C(=O)CCC(CCN)C(C)(C)C. The van der Waals surface area contributed by atoms with Gasteiger partial charge >= 0.3 is 0 Å². The Morgan fingerprint density at radius 2 is 1.81 bits per heavy atom. The van der Waals surface area contributed by atoms with E-state index in [9.17, 15) is 9.59 Å². The van der Waals surface area contributed by atoms with Crippen molar-refractivity contribution in [3.63, 3.8) is 0 Å². The lowest BCUT2D eigenvalue weighted by molar-refractivity contribution is -0.135. The van der Waals surface area contributed by atoms with E-state index >= 15 is 0 Å². The highest BCUT2D eigenvalue weighted by molar-refractivity contribution is 5.83. The van der Waals surface area contributed by atoms with Crippen molar-refractivity contribution in [2.75, 3.05) is 19.6 Å². The Bertz CT molecular complexity index is 324. The molecule has 0 aliphatic carbocycles. The molecule has 0 saturated carbocycles. The number of hydrogen-bond acceptors (Lipinski definition) is 3. The first-order chi connectivity index (χ1) is 9.72. The quantitative estimate of drug-likeness (QED) is 0.645. The fraction of sp³-hybridized carbons (Fsp3) is 0.875. The van der Waals surface area contributed by atoms with Crippen LogP contribution in [-0.2, 0) is 9.59 Å². The van der Waals surface area contributed by atoms with Crippen LogP contribution in [0.2, 0.25) is 0 Å². The van der Waals surface area contributed by atoms with Crippen molar-refractivity contribution >= 4 is 11.8 Å². The molecule has 0 heterocycles. The zero-order chi connectivity index (χ0) is 16.5. The third-order valence-electron chi connectivity index (χ3n) is 3.93. The predicted molar refractivity (Wildman–Crippen MR) is 86.5 cm³/mol. The summed E-state index contributed by atoms with van der Waals surface area (Å²) >= 11 is 0. The highest BCUT2D eigenvalue weighted by Gasteiger charge is 2.25. The Balaban J connectivity index is 4.54. The fourth-order valence-electron chi connectivity index (χ4n) is 2.50. The third kappa shape index (κ3) is 8.71. The average molecular weight is 299 g/mol. The maximum absolute atomic E-state index is 12.3. The van der Waals surface area contributed by atoms with Gasteiger partial charge in [-0.1, -0.05) is 34.1 Å². The molecule has 0 fully saturated rings. The van der Waals surface area contributed by atoms with Crippen molar-refractivity contribution in [3.05, 3.63) is 0 Å². The minimum Gasteiger partial charge on any atom is -0.368 e. The van der Waals surface area contributed by atoms with E-state index in [4.69, 9.17) is 11.5 Å².